The Morgan fingerprint density at radius 3 is 3.33 bits per heavy atom. The Kier molecular flexibility index (Phi) is 2.78. The zero-order valence-corrected chi connectivity index (χ0v) is 7.94. The molecule has 12 heavy (non-hydrogen) atoms. The van der Waals surface area contributed by atoms with Gasteiger partial charge in [0.15, 0.2) is 0 Å². The highest BCUT2D eigenvalue weighted by molar-refractivity contribution is 7.85. The molecule has 0 spiro atoms. The van der Waals surface area contributed by atoms with Crippen molar-refractivity contribution in [3.05, 3.63) is 0 Å². The molecule has 0 amide bonds. The van der Waals surface area contributed by atoms with Gasteiger partial charge in [-0.25, -0.2) is 0 Å². The lowest BCUT2D eigenvalue weighted by molar-refractivity contribution is 0.0830. The molecule has 0 aromatic heterocycles. The van der Waals surface area contributed by atoms with E-state index in [0.29, 0.717) is 12.6 Å². The van der Waals surface area contributed by atoms with Crippen LogP contribution < -0.4 is 5.32 Å². The Hall–Kier alpha value is 0.0700. The molecule has 1 N–H and O–H groups in total. The molecule has 0 aliphatic carbocycles. The van der Waals surface area contributed by atoms with Gasteiger partial charge >= 0.3 is 0 Å². The average molecular weight is 189 g/mol. The van der Waals surface area contributed by atoms with Gasteiger partial charge in [0, 0.05) is 29.2 Å². The summed E-state index contributed by atoms with van der Waals surface area (Å²) in [5.41, 5.74) is 0. The summed E-state index contributed by atoms with van der Waals surface area (Å²) in [6, 6.07) is 0.446. The third kappa shape index (κ3) is 1.70. The normalized spacial score (nSPS) is 43.2. The van der Waals surface area contributed by atoms with Crippen LogP contribution in [0, 0.1) is 0 Å². The summed E-state index contributed by atoms with van der Waals surface area (Å²) in [5.74, 6) is 0.845. The Balaban J connectivity index is 2.06. The van der Waals surface area contributed by atoms with E-state index in [2.05, 4.69) is 5.32 Å². The number of rotatable bonds is 0. The first-order valence-corrected chi connectivity index (χ1v) is 5.94. The molecule has 70 valence electrons. The van der Waals surface area contributed by atoms with E-state index < -0.39 is 10.8 Å². The summed E-state index contributed by atoms with van der Waals surface area (Å²) in [6.45, 7) is 2.53. The topological polar surface area (TPSA) is 38.3 Å². The van der Waals surface area contributed by atoms with Crippen molar-refractivity contribution in [3.63, 3.8) is 0 Å². The van der Waals surface area contributed by atoms with E-state index in [9.17, 15) is 4.21 Å². The number of hydrogen-bond acceptors (Lipinski definition) is 3. The van der Waals surface area contributed by atoms with Crippen LogP contribution in [0.4, 0.5) is 0 Å². The molecule has 3 atom stereocenters. The van der Waals surface area contributed by atoms with Crippen LogP contribution in [0.5, 0.6) is 0 Å². The Morgan fingerprint density at radius 1 is 1.50 bits per heavy atom. The lowest BCUT2D eigenvalue weighted by Gasteiger charge is -2.29. The Labute approximate surface area is 75.3 Å². The first-order valence-electron chi connectivity index (χ1n) is 4.56. The second-order valence-corrected chi connectivity index (χ2v) is 5.18. The summed E-state index contributed by atoms with van der Waals surface area (Å²) in [4.78, 5) is 0. The highest BCUT2D eigenvalue weighted by Crippen LogP contribution is 2.16. The van der Waals surface area contributed by atoms with Gasteiger partial charge in [0.1, 0.15) is 0 Å². The number of hydrogen-bond donors (Lipinski definition) is 1. The average Bonchev–Trinajstić information content (AvgIpc) is 2.29. The Bertz CT molecular complexity index is 186. The van der Waals surface area contributed by atoms with Crippen LogP contribution >= 0.6 is 0 Å². The first kappa shape index (κ1) is 8.66. The van der Waals surface area contributed by atoms with Crippen LogP contribution in [0.15, 0.2) is 0 Å². The number of fused-ring (bicyclic) bond motifs is 1. The van der Waals surface area contributed by atoms with Gasteiger partial charge < -0.3 is 10.1 Å². The van der Waals surface area contributed by atoms with Gasteiger partial charge in [-0.2, -0.15) is 0 Å². The quantitative estimate of drug-likeness (QED) is 0.577. The van der Waals surface area contributed by atoms with Crippen LogP contribution in [0.25, 0.3) is 0 Å². The molecular formula is C8H15NO2S. The molecule has 2 heterocycles. The molecule has 0 saturated carbocycles. The second kappa shape index (κ2) is 3.85. The van der Waals surface area contributed by atoms with Crippen LogP contribution in [-0.2, 0) is 15.5 Å². The molecule has 2 rings (SSSR count). The molecular weight excluding hydrogens is 174 g/mol. The zero-order valence-electron chi connectivity index (χ0n) is 7.12. The maximum Gasteiger partial charge on any atom is 0.0735 e. The predicted molar refractivity (Wildman–Crippen MR) is 48.6 cm³/mol. The van der Waals surface area contributed by atoms with E-state index in [4.69, 9.17) is 4.74 Å². The van der Waals surface area contributed by atoms with Crippen molar-refractivity contribution in [1.82, 2.24) is 5.32 Å². The SMILES string of the molecule is O=S1CCCNC2CCOCC21. The van der Waals surface area contributed by atoms with Gasteiger partial charge in [0.25, 0.3) is 0 Å². The largest absolute Gasteiger partial charge is 0.380 e. The maximum atomic E-state index is 11.6. The van der Waals surface area contributed by atoms with Crippen LogP contribution in [0.3, 0.4) is 0 Å². The summed E-state index contributed by atoms with van der Waals surface area (Å²) in [6.07, 6.45) is 2.07. The fourth-order valence-electron chi connectivity index (χ4n) is 1.86. The molecule has 4 heteroatoms. The third-order valence-electron chi connectivity index (χ3n) is 2.57. The van der Waals surface area contributed by atoms with Crippen molar-refractivity contribution in [1.29, 1.82) is 0 Å². The van der Waals surface area contributed by atoms with E-state index >= 15 is 0 Å². The molecule has 3 unspecified atom stereocenters. The predicted octanol–water partition coefficient (Wildman–Crippen LogP) is -0.114. The molecule has 0 aromatic carbocycles. The molecule has 0 aromatic rings. The minimum absolute atomic E-state index is 0.251. The minimum atomic E-state index is -0.662. The van der Waals surface area contributed by atoms with Gasteiger partial charge in [-0.15, -0.1) is 0 Å². The van der Waals surface area contributed by atoms with E-state index in [1.54, 1.807) is 0 Å². The van der Waals surface area contributed by atoms with Gasteiger partial charge in [0.2, 0.25) is 0 Å². The van der Waals surface area contributed by atoms with Gasteiger partial charge in [0.05, 0.1) is 11.9 Å². The summed E-state index contributed by atoms with van der Waals surface area (Å²) < 4.78 is 17.0. The molecule has 2 saturated heterocycles. The van der Waals surface area contributed by atoms with Crippen molar-refractivity contribution >= 4 is 10.8 Å². The highest BCUT2D eigenvalue weighted by Gasteiger charge is 2.31. The van der Waals surface area contributed by atoms with Gasteiger partial charge in [-0.05, 0) is 19.4 Å². The van der Waals surface area contributed by atoms with Crippen molar-refractivity contribution in [3.8, 4) is 0 Å². The molecule has 2 fully saturated rings. The fraction of sp³-hybridized carbons (Fsp3) is 1.00. The molecule has 2 aliphatic heterocycles. The van der Waals surface area contributed by atoms with Crippen molar-refractivity contribution in [2.45, 2.75) is 24.1 Å². The highest BCUT2D eigenvalue weighted by atomic mass is 32.2. The van der Waals surface area contributed by atoms with E-state index in [1.165, 1.54) is 0 Å². The smallest absolute Gasteiger partial charge is 0.0735 e. The van der Waals surface area contributed by atoms with Crippen LogP contribution in [0.2, 0.25) is 0 Å². The molecule has 2 aliphatic rings. The number of nitrogens with one attached hydrogen (secondary N) is 1. The third-order valence-corrected chi connectivity index (χ3v) is 4.40. The van der Waals surface area contributed by atoms with E-state index in [-0.39, 0.29) is 5.25 Å². The summed E-state index contributed by atoms with van der Waals surface area (Å²) >= 11 is 0. The van der Waals surface area contributed by atoms with E-state index in [0.717, 1.165) is 31.7 Å². The standard InChI is InChI=1S/C8H15NO2S/c10-12-5-1-3-9-7-2-4-11-6-8(7)12/h7-9H,1-6H2. The second-order valence-electron chi connectivity index (χ2n) is 3.40. The first-order chi connectivity index (χ1) is 5.88. The Morgan fingerprint density at radius 2 is 2.42 bits per heavy atom. The van der Waals surface area contributed by atoms with Gasteiger partial charge in [-0.1, -0.05) is 0 Å². The number of ether oxygens (including phenoxy) is 1. The monoisotopic (exact) mass is 189 g/mol. The maximum absolute atomic E-state index is 11.6. The lowest BCUT2D eigenvalue weighted by Crippen LogP contribution is -2.47. The van der Waals surface area contributed by atoms with Crippen molar-refractivity contribution in [2.75, 3.05) is 25.5 Å². The van der Waals surface area contributed by atoms with Crippen molar-refractivity contribution in [2.24, 2.45) is 0 Å². The van der Waals surface area contributed by atoms with Crippen molar-refractivity contribution < 1.29 is 8.95 Å². The molecule has 0 radical (unpaired) electrons. The van der Waals surface area contributed by atoms with E-state index in [1.807, 2.05) is 0 Å². The lowest BCUT2D eigenvalue weighted by atomic mass is 10.1. The fourth-order valence-corrected chi connectivity index (χ4v) is 3.44. The summed E-state index contributed by atoms with van der Waals surface area (Å²) in [7, 11) is -0.662. The minimum Gasteiger partial charge on any atom is -0.380 e. The van der Waals surface area contributed by atoms with Crippen LogP contribution in [-0.4, -0.2) is 41.0 Å². The molecule has 0 bridgehead atoms. The van der Waals surface area contributed by atoms with Crippen LogP contribution in [0.1, 0.15) is 12.8 Å². The molecule has 3 nitrogen and oxygen atoms in total. The summed E-state index contributed by atoms with van der Waals surface area (Å²) in [5, 5.41) is 3.69. The zero-order chi connectivity index (χ0) is 8.39. The van der Waals surface area contributed by atoms with Gasteiger partial charge in [-0.3, -0.25) is 4.21 Å².